The molecule has 0 aromatic carbocycles. The highest BCUT2D eigenvalue weighted by molar-refractivity contribution is 5.85. The molecule has 0 bridgehead atoms. The molecule has 1 saturated carbocycles. The van der Waals surface area contributed by atoms with Crippen molar-refractivity contribution in [3.05, 3.63) is 0 Å². The number of piperazine rings is 1. The lowest BCUT2D eigenvalue weighted by molar-refractivity contribution is -0.133. The van der Waals surface area contributed by atoms with Gasteiger partial charge in [-0.25, -0.2) is 0 Å². The normalized spacial score (nSPS) is 23.7. The van der Waals surface area contributed by atoms with Crippen LogP contribution in [0.3, 0.4) is 0 Å². The first-order valence-corrected chi connectivity index (χ1v) is 10.5. The Kier molecular flexibility index (Phi) is 10.9. The fourth-order valence-corrected chi connectivity index (χ4v) is 4.92. The van der Waals surface area contributed by atoms with Crippen LogP contribution in [-0.2, 0) is 4.79 Å². The maximum atomic E-state index is 12.4. The molecule has 3 rings (SSSR count). The summed E-state index contributed by atoms with van der Waals surface area (Å²) >= 11 is 0. The Labute approximate surface area is 178 Å². The summed E-state index contributed by atoms with van der Waals surface area (Å²) < 4.78 is 0. The number of nitrogens with one attached hydrogen (secondary N) is 2. The first-order valence-electron chi connectivity index (χ1n) is 10.5. The quantitative estimate of drug-likeness (QED) is 0.714. The summed E-state index contributed by atoms with van der Waals surface area (Å²) in [5, 5.41) is 7.16. The van der Waals surface area contributed by atoms with Crippen LogP contribution in [0, 0.1) is 5.41 Å². The highest BCUT2D eigenvalue weighted by atomic mass is 35.5. The average Bonchev–Trinajstić information content (AvgIpc) is 2.64. The number of halogens is 2. The molecule has 0 unspecified atom stereocenters. The van der Waals surface area contributed by atoms with E-state index >= 15 is 0 Å². The van der Waals surface area contributed by atoms with E-state index in [4.69, 9.17) is 0 Å². The molecule has 1 amide bonds. The number of amides is 1. The van der Waals surface area contributed by atoms with E-state index in [0.29, 0.717) is 29.8 Å². The second-order valence-electron chi connectivity index (χ2n) is 8.74. The summed E-state index contributed by atoms with van der Waals surface area (Å²) in [5.74, 6) is 0.335. The van der Waals surface area contributed by atoms with E-state index in [2.05, 4.69) is 34.3 Å². The number of carbonyl (C=O) groups excluding carboxylic acids is 1. The van der Waals surface area contributed by atoms with Crippen LogP contribution in [-0.4, -0.2) is 73.6 Å². The minimum Gasteiger partial charge on any atom is -0.340 e. The van der Waals surface area contributed by atoms with Crippen molar-refractivity contribution >= 4 is 30.7 Å². The molecule has 1 spiro atoms. The van der Waals surface area contributed by atoms with E-state index in [9.17, 15) is 4.79 Å². The zero-order valence-electron chi connectivity index (χ0n) is 17.2. The van der Waals surface area contributed by atoms with Gasteiger partial charge in [0.2, 0.25) is 5.91 Å². The minimum atomic E-state index is 0. The van der Waals surface area contributed by atoms with E-state index in [-0.39, 0.29) is 24.8 Å². The van der Waals surface area contributed by atoms with Crippen molar-refractivity contribution in [2.45, 2.75) is 70.9 Å². The van der Waals surface area contributed by atoms with Crippen LogP contribution in [0.25, 0.3) is 0 Å². The Balaban J connectivity index is 0.00000182. The van der Waals surface area contributed by atoms with Crippen molar-refractivity contribution in [1.82, 2.24) is 20.4 Å². The summed E-state index contributed by atoms with van der Waals surface area (Å²) in [7, 11) is 0. The molecule has 27 heavy (non-hydrogen) atoms. The molecule has 0 radical (unpaired) electrons. The van der Waals surface area contributed by atoms with Crippen LogP contribution in [0.1, 0.15) is 58.8 Å². The zero-order valence-corrected chi connectivity index (χ0v) is 18.8. The molecular formula is C20H40Cl2N4O. The lowest BCUT2D eigenvalue weighted by Crippen LogP contribution is -2.51. The van der Waals surface area contributed by atoms with Gasteiger partial charge in [0.1, 0.15) is 0 Å². The summed E-state index contributed by atoms with van der Waals surface area (Å²) in [6, 6.07) is 1.22. The highest BCUT2D eigenvalue weighted by Crippen LogP contribution is 2.43. The lowest BCUT2D eigenvalue weighted by atomic mass is 9.67. The highest BCUT2D eigenvalue weighted by Gasteiger charge is 2.35. The van der Waals surface area contributed by atoms with Crippen LogP contribution >= 0.6 is 24.8 Å². The Bertz CT molecular complexity index is 426. The third kappa shape index (κ3) is 7.04. The van der Waals surface area contributed by atoms with Gasteiger partial charge < -0.3 is 15.5 Å². The SMILES string of the molecule is CC(C)N1CCN(C(=O)CCNC2CCC3(CCNCC3)CC2)CC1.Cl.Cl. The predicted molar refractivity (Wildman–Crippen MR) is 117 cm³/mol. The minimum absolute atomic E-state index is 0. The first kappa shape index (κ1) is 25.0. The second kappa shape index (κ2) is 11.8. The summed E-state index contributed by atoms with van der Waals surface area (Å²) in [4.78, 5) is 16.9. The van der Waals surface area contributed by atoms with E-state index < -0.39 is 0 Å². The predicted octanol–water partition coefficient (Wildman–Crippen LogP) is 2.67. The molecule has 3 aliphatic rings. The number of rotatable bonds is 5. The van der Waals surface area contributed by atoms with Crippen molar-refractivity contribution in [1.29, 1.82) is 0 Å². The zero-order chi connectivity index (χ0) is 17.7. The van der Waals surface area contributed by atoms with Crippen LogP contribution < -0.4 is 10.6 Å². The molecule has 2 saturated heterocycles. The van der Waals surface area contributed by atoms with Gasteiger partial charge in [-0.15, -0.1) is 24.8 Å². The Morgan fingerprint density at radius 3 is 2.19 bits per heavy atom. The maximum absolute atomic E-state index is 12.4. The van der Waals surface area contributed by atoms with Crippen molar-refractivity contribution < 1.29 is 4.79 Å². The van der Waals surface area contributed by atoms with Crippen LogP contribution in [0.4, 0.5) is 0 Å². The largest absolute Gasteiger partial charge is 0.340 e. The third-order valence-electron chi connectivity index (χ3n) is 6.88. The van der Waals surface area contributed by atoms with Crippen molar-refractivity contribution in [2.24, 2.45) is 5.41 Å². The summed E-state index contributed by atoms with van der Waals surface area (Å²) in [5.41, 5.74) is 0.634. The monoisotopic (exact) mass is 422 g/mol. The van der Waals surface area contributed by atoms with Crippen molar-refractivity contribution in [2.75, 3.05) is 45.8 Å². The number of hydrogen-bond acceptors (Lipinski definition) is 4. The third-order valence-corrected chi connectivity index (χ3v) is 6.88. The van der Waals surface area contributed by atoms with Gasteiger partial charge in [0.05, 0.1) is 0 Å². The molecule has 0 aromatic heterocycles. The molecular weight excluding hydrogens is 383 g/mol. The molecule has 2 N–H and O–H groups in total. The molecule has 2 heterocycles. The molecule has 1 aliphatic carbocycles. The molecule has 7 heteroatoms. The number of carbonyl (C=O) groups is 1. The van der Waals surface area contributed by atoms with Gasteiger partial charge in [0.15, 0.2) is 0 Å². The molecule has 0 atom stereocenters. The van der Waals surface area contributed by atoms with E-state index in [1.165, 1.54) is 51.6 Å². The standard InChI is InChI=1S/C20H38N4O.2ClH/c1-17(2)23-13-15-24(16-14-23)19(25)5-10-22-18-3-6-20(7-4-18)8-11-21-12-9-20;;/h17-18,21-22H,3-16H2,1-2H3;2*1H. The maximum Gasteiger partial charge on any atom is 0.223 e. The first-order chi connectivity index (χ1) is 12.1. The van der Waals surface area contributed by atoms with Gasteiger partial charge >= 0.3 is 0 Å². The van der Waals surface area contributed by atoms with Crippen LogP contribution in [0.2, 0.25) is 0 Å². The molecule has 3 fully saturated rings. The van der Waals surface area contributed by atoms with Crippen molar-refractivity contribution in [3.8, 4) is 0 Å². The molecule has 5 nitrogen and oxygen atoms in total. The average molecular weight is 423 g/mol. The van der Waals surface area contributed by atoms with Gasteiger partial charge in [-0.1, -0.05) is 0 Å². The van der Waals surface area contributed by atoms with Crippen LogP contribution in [0.5, 0.6) is 0 Å². The van der Waals surface area contributed by atoms with Crippen molar-refractivity contribution in [3.63, 3.8) is 0 Å². The Morgan fingerprint density at radius 2 is 1.63 bits per heavy atom. The molecule has 160 valence electrons. The van der Waals surface area contributed by atoms with Gasteiger partial charge in [-0.2, -0.15) is 0 Å². The summed E-state index contributed by atoms with van der Waals surface area (Å²) in [6.45, 7) is 11.6. The number of piperidine rings is 1. The lowest BCUT2D eigenvalue weighted by Gasteiger charge is -2.43. The second-order valence-corrected chi connectivity index (χ2v) is 8.74. The fraction of sp³-hybridized carbons (Fsp3) is 0.950. The summed E-state index contributed by atoms with van der Waals surface area (Å²) in [6.07, 6.45) is 8.71. The topological polar surface area (TPSA) is 47.6 Å². The molecule has 2 aliphatic heterocycles. The van der Waals surface area contributed by atoms with Gasteiger partial charge in [0.25, 0.3) is 0 Å². The van der Waals surface area contributed by atoms with E-state index in [1.807, 2.05) is 0 Å². The van der Waals surface area contributed by atoms with Gasteiger partial charge in [-0.05, 0) is 70.9 Å². The van der Waals surface area contributed by atoms with Gasteiger partial charge in [-0.3, -0.25) is 9.69 Å². The molecule has 0 aromatic rings. The Hall–Kier alpha value is -0.0700. The number of hydrogen-bond donors (Lipinski definition) is 2. The van der Waals surface area contributed by atoms with Gasteiger partial charge in [0, 0.05) is 51.2 Å². The fourth-order valence-electron chi connectivity index (χ4n) is 4.92. The number of nitrogens with zero attached hydrogens (tertiary/aromatic N) is 2. The van der Waals surface area contributed by atoms with E-state index in [0.717, 1.165) is 32.7 Å². The van der Waals surface area contributed by atoms with E-state index in [1.54, 1.807) is 0 Å². The van der Waals surface area contributed by atoms with Crippen LogP contribution in [0.15, 0.2) is 0 Å². The Morgan fingerprint density at radius 1 is 1.04 bits per heavy atom. The smallest absolute Gasteiger partial charge is 0.223 e.